The molecule has 132 valence electrons. The highest BCUT2D eigenvalue weighted by molar-refractivity contribution is 5.43. The zero-order valence-corrected chi connectivity index (χ0v) is 15.5. The smallest absolute Gasteiger partial charge is 0.0661 e. The summed E-state index contributed by atoms with van der Waals surface area (Å²) in [5.41, 5.74) is 4.60. The minimum atomic E-state index is -0.426. The van der Waals surface area contributed by atoms with Crippen molar-refractivity contribution in [2.24, 2.45) is 28.6 Å². The van der Waals surface area contributed by atoms with Gasteiger partial charge in [-0.25, -0.2) is 0 Å². The van der Waals surface area contributed by atoms with E-state index in [2.05, 4.69) is 45.9 Å². The van der Waals surface area contributed by atoms with Gasteiger partial charge in [-0.2, -0.15) is 0 Å². The first-order valence-corrected chi connectivity index (χ1v) is 9.76. The first-order valence-electron chi connectivity index (χ1n) is 9.76. The van der Waals surface area contributed by atoms with Crippen LogP contribution in [0, 0.1) is 28.6 Å². The van der Waals surface area contributed by atoms with Gasteiger partial charge in [0.05, 0.1) is 12.2 Å². The van der Waals surface area contributed by atoms with Gasteiger partial charge in [-0.1, -0.05) is 62.6 Å². The fourth-order valence-electron chi connectivity index (χ4n) is 6.56. The van der Waals surface area contributed by atoms with Crippen molar-refractivity contribution < 1.29 is 10.2 Å². The summed E-state index contributed by atoms with van der Waals surface area (Å²) in [5, 5.41) is 21.0. The van der Waals surface area contributed by atoms with Crippen molar-refractivity contribution in [3.05, 3.63) is 34.9 Å². The van der Waals surface area contributed by atoms with Crippen molar-refractivity contribution in [1.82, 2.24) is 0 Å². The van der Waals surface area contributed by atoms with E-state index < -0.39 is 6.10 Å². The molecule has 0 heterocycles. The van der Waals surface area contributed by atoms with E-state index in [0.717, 1.165) is 19.3 Å². The molecule has 4 aliphatic carbocycles. The van der Waals surface area contributed by atoms with Crippen molar-refractivity contribution in [3.8, 4) is 0 Å². The summed E-state index contributed by atoms with van der Waals surface area (Å²) in [6, 6.07) is 0. The number of rotatable bonds is 1. The van der Waals surface area contributed by atoms with Crippen molar-refractivity contribution in [2.75, 3.05) is 0 Å². The van der Waals surface area contributed by atoms with Crippen LogP contribution >= 0.6 is 0 Å². The number of hydrogen-bond donors (Lipinski definition) is 2. The van der Waals surface area contributed by atoms with E-state index in [0.29, 0.717) is 29.6 Å². The Balaban J connectivity index is 1.74. The average molecular weight is 328 g/mol. The van der Waals surface area contributed by atoms with Gasteiger partial charge in [0.25, 0.3) is 0 Å². The second kappa shape index (κ2) is 5.32. The maximum Gasteiger partial charge on any atom is 0.0661 e. The Morgan fingerprint density at radius 1 is 1.12 bits per heavy atom. The van der Waals surface area contributed by atoms with Crippen LogP contribution in [0.5, 0.6) is 0 Å². The zero-order valence-electron chi connectivity index (χ0n) is 15.5. The summed E-state index contributed by atoms with van der Waals surface area (Å²) in [6.07, 6.45) is 11.1. The van der Waals surface area contributed by atoms with Crippen molar-refractivity contribution >= 4 is 0 Å². The molecule has 0 aromatic rings. The van der Waals surface area contributed by atoms with Gasteiger partial charge in [0.2, 0.25) is 0 Å². The summed E-state index contributed by atoms with van der Waals surface area (Å²) in [7, 11) is 0. The third-order valence-corrected chi connectivity index (χ3v) is 7.92. The molecule has 6 unspecified atom stereocenters. The maximum atomic E-state index is 10.9. The molecule has 2 saturated carbocycles. The van der Waals surface area contributed by atoms with E-state index in [1.54, 1.807) is 11.1 Å². The Morgan fingerprint density at radius 3 is 2.58 bits per heavy atom. The Bertz CT molecular complexity index is 640. The molecule has 0 aliphatic heterocycles. The average Bonchev–Trinajstić information content (AvgIpc) is 2.86. The molecule has 2 fully saturated rings. The Kier molecular flexibility index (Phi) is 3.68. The van der Waals surface area contributed by atoms with E-state index in [-0.39, 0.29) is 11.5 Å². The van der Waals surface area contributed by atoms with Gasteiger partial charge in [0, 0.05) is 11.8 Å². The van der Waals surface area contributed by atoms with Gasteiger partial charge in [-0.05, 0) is 48.9 Å². The summed E-state index contributed by atoms with van der Waals surface area (Å²) in [4.78, 5) is 0. The molecule has 0 amide bonds. The Morgan fingerprint density at radius 2 is 1.88 bits per heavy atom. The molecule has 0 aromatic carbocycles. The molecule has 4 rings (SSSR count). The van der Waals surface area contributed by atoms with Gasteiger partial charge in [-0.15, -0.1) is 0 Å². The van der Waals surface area contributed by atoms with Crippen molar-refractivity contribution in [3.63, 3.8) is 0 Å². The van der Waals surface area contributed by atoms with Crippen molar-refractivity contribution in [1.29, 1.82) is 0 Å². The monoisotopic (exact) mass is 328 g/mol. The Hall–Kier alpha value is -0.860. The fourth-order valence-corrected chi connectivity index (χ4v) is 6.56. The van der Waals surface area contributed by atoms with Crippen LogP contribution in [0.1, 0.15) is 59.8 Å². The molecule has 2 nitrogen and oxygen atoms in total. The highest BCUT2D eigenvalue weighted by Gasteiger charge is 2.56. The SMILES string of the molecule is CC(C)C1=CCC2C3=CC=C4CC(O)CC(O)C4(C)C3CCC12C. The fraction of sp³-hybridized carbons (Fsp3) is 0.727. The van der Waals surface area contributed by atoms with Crippen LogP contribution in [0.15, 0.2) is 34.9 Å². The zero-order chi connectivity index (χ0) is 17.3. The first kappa shape index (κ1) is 16.6. The number of hydrogen-bond acceptors (Lipinski definition) is 2. The number of aliphatic hydroxyl groups is 2. The summed E-state index contributed by atoms with van der Waals surface area (Å²) in [6.45, 7) is 9.37. The van der Waals surface area contributed by atoms with Crippen molar-refractivity contribution in [2.45, 2.75) is 72.0 Å². The molecule has 0 radical (unpaired) electrons. The van der Waals surface area contributed by atoms with Crippen LogP contribution in [0.4, 0.5) is 0 Å². The Labute approximate surface area is 146 Å². The summed E-state index contributed by atoms with van der Waals surface area (Å²) >= 11 is 0. The third kappa shape index (κ3) is 2.02. The van der Waals surface area contributed by atoms with Crippen LogP contribution in [0.2, 0.25) is 0 Å². The highest BCUT2D eigenvalue weighted by Crippen LogP contribution is 2.64. The van der Waals surface area contributed by atoms with Gasteiger partial charge in [0.1, 0.15) is 0 Å². The van der Waals surface area contributed by atoms with E-state index in [1.165, 1.54) is 12.0 Å². The molecular weight excluding hydrogens is 296 g/mol. The minimum Gasteiger partial charge on any atom is -0.393 e. The second-order valence-corrected chi connectivity index (χ2v) is 9.36. The molecule has 0 bridgehead atoms. The lowest BCUT2D eigenvalue weighted by Crippen LogP contribution is -2.52. The van der Waals surface area contributed by atoms with Crippen LogP contribution in [-0.4, -0.2) is 22.4 Å². The minimum absolute atomic E-state index is 0.175. The van der Waals surface area contributed by atoms with E-state index in [4.69, 9.17) is 0 Å². The summed E-state index contributed by atoms with van der Waals surface area (Å²) in [5.74, 6) is 1.66. The standard InChI is InChI=1S/C22H32O2/c1-13(2)17-7-8-18-16-6-5-14-11-15(23)12-20(24)22(14,4)19(16)9-10-21(17,18)3/h5-7,13,15,18-20,23-24H,8-12H2,1-4H3. The largest absolute Gasteiger partial charge is 0.393 e. The molecule has 2 heteroatoms. The predicted molar refractivity (Wildman–Crippen MR) is 97.4 cm³/mol. The number of fused-ring (bicyclic) bond motifs is 5. The number of aliphatic hydroxyl groups excluding tert-OH is 2. The predicted octanol–water partition coefficient (Wildman–Crippen LogP) is 4.39. The summed E-state index contributed by atoms with van der Waals surface area (Å²) < 4.78 is 0. The molecule has 4 aliphatic rings. The van der Waals surface area contributed by atoms with E-state index >= 15 is 0 Å². The normalized spacial score (nSPS) is 47.4. The number of allylic oxidation sites excluding steroid dienone is 5. The lowest BCUT2D eigenvalue weighted by atomic mass is 9.49. The van der Waals surface area contributed by atoms with Gasteiger partial charge >= 0.3 is 0 Å². The van der Waals surface area contributed by atoms with Crippen LogP contribution in [0.3, 0.4) is 0 Å². The lowest BCUT2D eigenvalue weighted by Gasteiger charge is -2.56. The lowest BCUT2D eigenvalue weighted by molar-refractivity contribution is -0.0492. The van der Waals surface area contributed by atoms with Crippen LogP contribution in [-0.2, 0) is 0 Å². The third-order valence-electron chi connectivity index (χ3n) is 7.92. The quantitative estimate of drug-likeness (QED) is 0.701. The van der Waals surface area contributed by atoms with E-state index in [9.17, 15) is 10.2 Å². The molecule has 2 N–H and O–H groups in total. The molecule has 0 saturated heterocycles. The van der Waals surface area contributed by atoms with Gasteiger partial charge in [-0.3, -0.25) is 0 Å². The van der Waals surface area contributed by atoms with Crippen LogP contribution < -0.4 is 0 Å². The molecule has 24 heavy (non-hydrogen) atoms. The second-order valence-electron chi connectivity index (χ2n) is 9.36. The maximum absolute atomic E-state index is 10.9. The first-order chi connectivity index (χ1) is 11.3. The topological polar surface area (TPSA) is 40.5 Å². The van der Waals surface area contributed by atoms with Gasteiger partial charge < -0.3 is 10.2 Å². The van der Waals surface area contributed by atoms with Crippen LogP contribution in [0.25, 0.3) is 0 Å². The molecule has 0 aromatic heterocycles. The van der Waals surface area contributed by atoms with E-state index in [1.807, 2.05) is 0 Å². The molecule has 0 spiro atoms. The molecule has 6 atom stereocenters. The highest BCUT2D eigenvalue weighted by atomic mass is 16.3. The molecular formula is C22H32O2. The van der Waals surface area contributed by atoms with Gasteiger partial charge in [0.15, 0.2) is 0 Å².